The molecule has 4 heterocycles. The van der Waals surface area contributed by atoms with E-state index in [-0.39, 0.29) is 17.7 Å². The van der Waals surface area contributed by atoms with Crippen LogP contribution in [-0.2, 0) is 31.7 Å². The molecular formula is C31H37F3N6OS. The van der Waals surface area contributed by atoms with Gasteiger partial charge in [-0.05, 0) is 90.8 Å². The third kappa shape index (κ3) is 5.23. The number of fused-ring (bicyclic) bond motifs is 1. The highest BCUT2D eigenvalue weighted by atomic mass is 32.2. The fraction of sp³-hybridized carbons (Fsp3) is 0.548. The number of nitrogens with zero attached hydrogens (tertiary/aromatic N) is 6. The monoisotopic (exact) mass is 598 g/mol. The molecule has 6 rings (SSSR count). The van der Waals surface area contributed by atoms with Crippen molar-refractivity contribution in [2.24, 2.45) is 18.9 Å². The van der Waals surface area contributed by atoms with E-state index in [1.54, 1.807) is 24.2 Å². The van der Waals surface area contributed by atoms with Crippen LogP contribution in [0.4, 0.5) is 19.0 Å². The highest BCUT2D eigenvalue weighted by Crippen LogP contribution is 2.52. The zero-order chi connectivity index (χ0) is 29.8. The molecule has 0 spiro atoms. The van der Waals surface area contributed by atoms with Gasteiger partial charge in [0.05, 0.1) is 22.5 Å². The number of rotatable bonds is 7. The lowest BCUT2D eigenvalue weighted by Crippen LogP contribution is -2.43. The molecule has 11 heteroatoms. The van der Waals surface area contributed by atoms with Crippen LogP contribution in [0.1, 0.15) is 84.9 Å². The van der Waals surface area contributed by atoms with Crippen molar-refractivity contribution in [2.75, 3.05) is 23.7 Å². The van der Waals surface area contributed by atoms with E-state index in [1.165, 1.54) is 11.0 Å². The van der Waals surface area contributed by atoms with E-state index in [9.17, 15) is 18.0 Å². The van der Waals surface area contributed by atoms with E-state index in [4.69, 9.17) is 4.98 Å². The number of halogens is 3. The molecule has 1 amide bonds. The molecule has 1 saturated heterocycles. The number of thioether (sulfide) groups is 1. The maximum Gasteiger partial charge on any atom is 0.416 e. The number of likely N-dealkylation sites (tertiary alicyclic amines) is 1. The molecule has 1 atom stereocenters. The van der Waals surface area contributed by atoms with Crippen LogP contribution in [0.3, 0.4) is 0 Å². The largest absolute Gasteiger partial charge is 0.416 e. The van der Waals surface area contributed by atoms with Crippen LogP contribution < -0.4 is 4.90 Å². The lowest BCUT2D eigenvalue weighted by Gasteiger charge is -2.46. The van der Waals surface area contributed by atoms with Gasteiger partial charge in [-0.15, -0.1) is 22.0 Å². The summed E-state index contributed by atoms with van der Waals surface area (Å²) in [6.45, 7) is 8.33. The number of aromatic nitrogens is 4. The molecule has 7 nitrogen and oxygen atoms in total. The number of carbonyl (C=O) groups is 1. The first kappa shape index (κ1) is 29.2. The van der Waals surface area contributed by atoms with Crippen molar-refractivity contribution < 1.29 is 18.0 Å². The average molecular weight is 599 g/mol. The second-order valence-electron chi connectivity index (χ2n) is 12.4. The number of anilines is 1. The van der Waals surface area contributed by atoms with E-state index in [0.717, 1.165) is 60.9 Å². The Balaban J connectivity index is 1.40. The van der Waals surface area contributed by atoms with Gasteiger partial charge >= 0.3 is 6.18 Å². The molecule has 0 radical (unpaired) electrons. The predicted molar refractivity (Wildman–Crippen MR) is 156 cm³/mol. The molecule has 0 unspecified atom stereocenters. The molecule has 3 aliphatic rings. The van der Waals surface area contributed by atoms with Crippen LogP contribution in [0, 0.1) is 11.8 Å². The highest BCUT2D eigenvalue weighted by Gasteiger charge is 2.49. The van der Waals surface area contributed by atoms with E-state index in [1.807, 2.05) is 30.7 Å². The van der Waals surface area contributed by atoms with Crippen molar-refractivity contribution in [2.45, 2.75) is 76.2 Å². The van der Waals surface area contributed by atoms with Gasteiger partial charge in [0, 0.05) is 25.7 Å². The smallest absolute Gasteiger partial charge is 0.320 e. The van der Waals surface area contributed by atoms with Crippen LogP contribution in [-0.4, -0.2) is 49.4 Å². The fourth-order valence-electron chi connectivity index (χ4n) is 7.21. The Kier molecular flexibility index (Phi) is 7.62. The Bertz CT molecular complexity index is 1500. The van der Waals surface area contributed by atoms with Gasteiger partial charge in [0.2, 0.25) is 0 Å². The lowest BCUT2D eigenvalue weighted by molar-refractivity contribution is -0.138. The minimum Gasteiger partial charge on any atom is -0.320 e. The quantitative estimate of drug-likeness (QED) is 0.291. The second-order valence-corrected chi connectivity index (χ2v) is 13.7. The summed E-state index contributed by atoms with van der Waals surface area (Å²) in [4.78, 5) is 22.3. The molecule has 2 aromatic heterocycles. The number of hydrogen-bond donors (Lipinski definition) is 0. The fourth-order valence-corrected chi connectivity index (χ4v) is 7.87. The average Bonchev–Trinajstić information content (AvgIpc) is 3.49. The third-order valence-electron chi connectivity index (χ3n) is 9.00. The number of carbonyl (C=O) groups excluding carboxylic acids is 1. The first-order chi connectivity index (χ1) is 20.0. The molecule has 3 aromatic rings. The molecule has 224 valence electrons. The van der Waals surface area contributed by atoms with E-state index in [0.29, 0.717) is 29.8 Å². The maximum atomic E-state index is 14.4. The van der Waals surface area contributed by atoms with Gasteiger partial charge in [0.1, 0.15) is 18.0 Å². The summed E-state index contributed by atoms with van der Waals surface area (Å²) >= 11 is 1.55. The van der Waals surface area contributed by atoms with Crippen LogP contribution >= 0.6 is 11.8 Å². The molecule has 2 fully saturated rings. The summed E-state index contributed by atoms with van der Waals surface area (Å²) < 4.78 is 45.2. The van der Waals surface area contributed by atoms with E-state index in [2.05, 4.69) is 28.9 Å². The molecule has 0 bridgehead atoms. The van der Waals surface area contributed by atoms with E-state index >= 15 is 0 Å². The molecule has 1 saturated carbocycles. The molecule has 0 N–H and O–H groups in total. The Labute approximate surface area is 248 Å². The SMILES string of the molecule is CCSc1cc(C2(c3nncn3C)CC(C)C2)cc(N2Cc3c(cc(CN4CCC[C@H](C)C4)cc3C(F)(F)F)C2=O)n1. The second kappa shape index (κ2) is 11.0. The van der Waals surface area contributed by atoms with Gasteiger partial charge in [-0.1, -0.05) is 20.8 Å². The van der Waals surface area contributed by atoms with Gasteiger partial charge in [-0.2, -0.15) is 13.2 Å². The maximum absolute atomic E-state index is 14.4. The summed E-state index contributed by atoms with van der Waals surface area (Å²) in [5, 5.41) is 9.31. The number of amides is 1. The molecular weight excluding hydrogens is 561 g/mol. The number of hydrogen-bond acceptors (Lipinski definition) is 6. The topological polar surface area (TPSA) is 67.2 Å². The lowest BCUT2D eigenvalue weighted by atomic mass is 9.58. The van der Waals surface area contributed by atoms with Crippen molar-refractivity contribution in [3.63, 3.8) is 0 Å². The number of aryl methyl sites for hydroxylation is 1. The Morgan fingerprint density at radius 3 is 2.55 bits per heavy atom. The third-order valence-corrected chi connectivity index (χ3v) is 9.79. The summed E-state index contributed by atoms with van der Waals surface area (Å²) in [7, 11) is 1.92. The minimum absolute atomic E-state index is 0.0282. The number of piperidine rings is 1. The summed E-state index contributed by atoms with van der Waals surface area (Å²) in [6.07, 6.45) is 1.00. The highest BCUT2D eigenvalue weighted by molar-refractivity contribution is 7.99. The zero-order valence-corrected chi connectivity index (χ0v) is 25.4. The van der Waals surface area contributed by atoms with Crippen LogP contribution in [0.15, 0.2) is 35.6 Å². The van der Waals surface area contributed by atoms with Gasteiger partial charge < -0.3 is 4.57 Å². The van der Waals surface area contributed by atoms with E-state index < -0.39 is 23.1 Å². The Morgan fingerprint density at radius 1 is 1.12 bits per heavy atom. The summed E-state index contributed by atoms with van der Waals surface area (Å²) in [6, 6.07) is 6.85. The van der Waals surface area contributed by atoms with Gasteiger partial charge in [-0.3, -0.25) is 14.6 Å². The van der Waals surface area contributed by atoms with Gasteiger partial charge in [-0.25, -0.2) is 4.98 Å². The number of benzene rings is 1. The number of pyridine rings is 1. The van der Waals surface area contributed by atoms with Crippen LogP contribution in [0.2, 0.25) is 0 Å². The predicted octanol–water partition coefficient (Wildman–Crippen LogP) is 6.45. The molecule has 2 aliphatic heterocycles. The molecule has 1 aromatic carbocycles. The van der Waals surface area contributed by atoms with Gasteiger partial charge in [0.15, 0.2) is 0 Å². The summed E-state index contributed by atoms with van der Waals surface area (Å²) in [5.74, 6) is 2.55. The minimum atomic E-state index is -4.57. The first-order valence-electron chi connectivity index (χ1n) is 14.8. The zero-order valence-electron chi connectivity index (χ0n) is 24.5. The Morgan fingerprint density at radius 2 is 1.90 bits per heavy atom. The summed E-state index contributed by atoms with van der Waals surface area (Å²) in [5.41, 5.74) is 0.536. The van der Waals surface area contributed by atoms with Crippen LogP contribution in [0.25, 0.3) is 0 Å². The Hall–Kier alpha value is -2.92. The van der Waals surface area contributed by atoms with Crippen molar-refractivity contribution in [1.82, 2.24) is 24.6 Å². The van der Waals surface area contributed by atoms with Crippen molar-refractivity contribution in [1.29, 1.82) is 0 Å². The molecule has 42 heavy (non-hydrogen) atoms. The van der Waals surface area contributed by atoms with Crippen molar-refractivity contribution in [3.05, 3.63) is 64.2 Å². The normalized spacial score (nSPS) is 24.6. The van der Waals surface area contributed by atoms with Crippen LogP contribution in [0.5, 0.6) is 0 Å². The van der Waals surface area contributed by atoms with Crippen molar-refractivity contribution in [3.8, 4) is 0 Å². The molecule has 1 aliphatic carbocycles. The first-order valence-corrected chi connectivity index (χ1v) is 15.7. The number of alkyl halides is 3. The standard InChI is InChI=1S/C31H37F3N6OS/c1-5-42-27-12-22(30(13-20(3)14-30)29-37-35-18-38(29)4)11-26(36-27)40-17-24-23(28(40)41)9-21(10-25(24)31(32,33)34)16-39-8-6-7-19(2)15-39/h9-12,18-20H,5-8,13-17H2,1-4H3/t19-,20?,30?/m0/s1. The van der Waals surface area contributed by atoms with Gasteiger partial charge in [0.25, 0.3) is 5.91 Å². The van der Waals surface area contributed by atoms with Crippen molar-refractivity contribution >= 4 is 23.5 Å².